The summed E-state index contributed by atoms with van der Waals surface area (Å²) in [7, 11) is 1.70. The summed E-state index contributed by atoms with van der Waals surface area (Å²) in [5.41, 5.74) is 0.604. The highest BCUT2D eigenvalue weighted by molar-refractivity contribution is 7.99. The molecule has 4 nitrogen and oxygen atoms in total. The van der Waals surface area contributed by atoms with Crippen LogP contribution in [-0.4, -0.2) is 32.8 Å². The largest absolute Gasteiger partial charge is 0.624 e. The highest BCUT2D eigenvalue weighted by Gasteiger charge is 2.10. The SMILES string of the molecule is CC/[N+]([O-])=C/c1cnc(SCCC(F)=C(F)F)n1C. The van der Waals surface area contributed by atoms with Crippen LogP contribution in [0, 0.1) is 5.21 Å². The van der Waals surface area contributed by atoms with E-state index < -0.39 is 11.9 Å². The standard InChI is InChI=1S/C11H14F3N3OS/c1-3-17(18)7-8-6-15-11(16(8)2)19-5-4-9(12)10(13)14/h6-7H,3-5H2,1-2H3/b17-7-. The van der Waals surface area contributed by atoms with Gasteiger partial charge < -0.3 is 9.77 Å². The van der Waals surface area contributed by atoms with Gasteiger partial charge in [-0.15, -0.1) is 0 Å². The number of hydrogen-bond donors (Lipinski definition) is 0. The zero-order valence-electron chi connectivity index (χ0n) is 10.6. The predicted octanol–water partition coefficient (Wildman–Crippen LogP) is 2.93. The van der Waals surface area contributed by atoms with Gasteiger partial charge >= 0.3 is 6.08 Å². The van der Waals surface area contributed by atoms with Crippen molar-refractivity contribution in [2.75, 3.05) is 12.3 Å². The van der Waals surface area contributed by atoms with Crippen LogP contribution >= 0.6 is 11.8 Å². The first-order valence-electron chi connectivity index (χ1n) is 5.58. The van der Waals surface area contributed by atoms with Gasteiger partial charge in [-0.05, 0) is 6.92 Å². The van der Waals surface area contributed by atoms with Gasteiger partial charge in [0, 0.05) is 19.2 Å². The molecule has 0 saturated heterocycles. The quantitative estimate of drug-likeness (QED) is 0.266. The van der Waals surface area contributed by atoms with Crippen LogP contribution in [0.25, 0.3) is 0 Å². The van der Waals surface area contributed by atoms with E-state index >= 15 is 0 Å². The molecule has 0 N–H and O–H groups in total. The Morgan fingerprint density at radius 3 is 2.79 bits per heavy atom. The Hall–Kier alpha value is -1.44. The molecular weight excluding hydrogens is 279 g/mol. The Morgan fingerprint density at radius 1 is 1.53 bits per heavy atom. The summed E-state index contributed by atoms with van der Waals surface area (Å²) in [6.45, 7) is 2.04. The highest BCUT2D eigenvalue weighted by Crippen LogP contribution is 2.21. The number of rotatable bonds is 6. The Kier molecular flexibility index (Phi) is 5.94. The molecule has 1 heterocycles. The number of aromatic nitrogens is 2. The summed E-state index contributed by atoms with van der Waals surface area (Å²) in [6.07, 6.45) is 0.268. The molecule has 1 rings (SSSR count). The van der Waals surface area contributed by atoms with Crippen molar-refractivity contribution in [3.05, 3.63) is 29.0 Å². The molecule has 0 radical (unpaired) electrons. The third-order valence-corrected chi connectivity index (χ3v) is 3.37. The molecule has 19 heavy (non-hydrogen) atoms. The zero-order chi connectivity index (χ0) is 14.4. The molecule has 8 heteroatoms. The van der Waals surface area contributed by atoms with E-state index in [2.05, 4.69) is 4.98 Å². The maximum Gasteiger partial charge on any atom is 0.301 e. The van der Waals surface area contributed by atoms with Crippen molar-refractivity contribution in [1.82, 2.24) is 9.55 Å². The van der Waals surface area contributed by atoms with Crippen LogP contribution in [0.2, 0.25) is 0 Å². The van der Waals surface area contributed by atoms with Gasteiger partial charge in [0.25, 0.3) is 0 Å². The van der Waals surface area contributed by atoms with Gasteiger partial charge in [0.2, 0.25) is 0 Å². The smallest absolute Gasteiger partial charge is 0.301 e. The van der Waals surface area contributed by atoms with E-state index in [0.717, 1.165) is 16.5 Å². The highest BCUT2D eigenvalue weighted by atomic mass is 32.2. The molecule has 0 saturated carbocycles. The van der Waals surface area contributed by atoms with Gasteiger partial charge in [0.05, 0.1) is 6.20 Å². The van der Waals surface area contributed by atoms with Crippen LogP contribution < -0.4 is 0 Å². The minimum atomic E-state index is -2.28. The van der Waals surface area contributed by atoms with E-state index in [1.807, 2.05) is 0 Å². The van der Waals surface area contributed by atoms with Crippen molar-refractivity contribution in [3.8, 4) is 0 Å². The molecule has 0 aliphatic heterocycles. The molecule has 0 atom stereocenters. The minimum Gasteiger partial charge on any atom is -0.624 e. The predicted molar refractivity (Wildman–Crippen MR) is 68.2 cm³/mol. The van der Waals surface area contributed by atoms with Crippen LogP contribution in [0.4, 0.5) is 13.2 Å². The zero-order valence-corrected chi connectivity index (χ0v) is 11.4. The summed E-state index contributed by atoms with van der Waals surface area (Å²) in [6, 6.07) is 0. The fourth-order valence-electron chi connectivity index (χ4n) is 1.22. The summed E-state index contributed by atoms with van der Waals surface area (Å²) in [5, 5.41) is 11.7. The molecular formula is C11H14F3N3OS. The van der Waals surface area contributed by atoms with Gasteiger partial charge in [-0.1, -0.05) is 11.8 Å². The summed E-state index contributed by atoms with van der Waals surface area (Å²) in [4.78, 5) is 4.05. The molecule has 1 aromatic heterocycles. The second kappa shape index (κ2) is 7.22. The van der Waals surface area contributed by atoms with Crippen molar-refractivity contribution in [1.29, 1.82) is 0 Å². The van der Waals surface area contributed by atoms with Crippen LogP contribution in [0.1, 0.15) is 19.0 Å². The van der Waals surface area contributed by atoms with Gasteiger partial charge in [0.1, 0.15) is 5.69 Å². The number of thioether (sulfide) groups is 1. The van der Waals surface area contributed by atoms with Gasteiger partial charge in [-0.2, -0.15) is 8.78 Å². The fourth-order valence-corrected chi connectivity index (χ4v) is 2.11. The molecule has 0 amide bonds. The second-order valence-corrected chi connectivity index (χ2v) is 4.71. The van der Waals surface area contributed by atoms with E-state index in [0.29, 0.717) is 17.4 Å². The van der Waals surface area contributed by atoms with Crippen molar-refractivity contribution in [2.24, 2.45) is 7.05 Å². The monoisotopic (exact) mass is 293 g/mol. The topological polar surface area (TPSA) is 43.9 Å². The normalized spacial score (nSPS) is 11.7. The number of allylic oxidation sites excluding steroid dienone is 1. The molecule has 0 bridgehead atoms. The molecule has 106 valence electrons. The molecule has 0 aliphatic rings. The van der Waals surface area contributed by atoms with Crippen molar-refractivity contribution < 1.29 is 17.9 Å². The Morgan fingerprint density at radius 2 is 2.21 bits per heavy atom. The van der Waals surface area contributed by atoms with Gasteiger partial charge in [-0.3, -0.25) is 0 Å². The summed E-state index contributed by atoms with van der Waals surface area (Å²) in [5.74, 6) is -1.24. The summed E-state index contributed by atoms with van der Waals surface area (Å²) < 4.78 is 38.7. The molecule has 0 fully saturated rings. The lowest BCUT2D eigenvalue weighted by Crippen LogP contribution is -2.07. The second-order valence-electron chi connectivity index (χ2n) is 3.65. The first-order valence-corrected chi connectivity index (χ1v) is 6.57. The molecule has 0 unspecified atom stereocenters. The first-order chi connectivity index (χ1) is 8.95. The minimum absolute atomic E-state index is 0.155. The Bertz CT molecular complexity index is 495. The van der Waals surface area contributed by atoms with E-state index in [1.54, 1.807) is 18.5 Å². The number of hydroxylamine groups is 1. The van der Waals surface area contributed by atoms with E-state index in [9.17, 15) is 18.4 Å². The maximum absolute atomic E-state index is 12.6. The number of halogens is 3. The third kappa shape index (κ3) is 4.62. The number of hydrogen-bond acceptors (Lipinski definition) is 3. The van der Waals surface area contributed by atoms with Crippen molar-refractivity contribution in [2.45, 2.75) is 18.5 Å². The van der Waals surface area contributed by atoms with Gasteiger partial charge in [-0.25, -0.2) is 14.1 Å². The first kappa shape index (κ1) is 15.6. The lowest BCUT2D eigenvalue weighted by molar-refractivity contribution is -0.447. The average molecular weight is 293 g/mol. The van der Waals surface area contributed by atoms with Crippen LogP contribution in [0.15, 0.2) is 23.3 Å². The lowest BCUT2D eigenvalue weighted by atomic mass is 10.4. The number of imidazole rings is 1. The van der Waals surface area contributed by atoms with Crippen LogP contribution in [0.5, 0.6) is 0 Å². The van der Waals surface area contributed by atoms with Crippen LogP contribution in [0.3, 0.4) is 0 Å². The number of nitrogens with zero attached hydrogens (tertiary/aromatic N) is 3. The Balaban J connectivity index is 2.64. The Labute approximate surface area is 113 Å². The molecule has 0 aliphatic carbocycles. The molecule has 0 spiro atoms. The van der Waals surface area contributed by atoms with E-state index in [-0.39, 0.29) is 12.2 Å². The van der Waals surface area contributed by atoms with Gasteiger partial charge in [0.15, 0.2) is 23.7 Å². The third-order valence-electron chi connectivity index (χ3n) is 2.33. The van der Waals surface area contributed by atoms with Crippen LogP contribution in [-0.2, 0) is 7.05 Å². The van der Waals surface area contributed by atoms with Crippen molar-refractivity contribution >= 4 is 18.0 Å². The maximum atomic E-state index is 12.6. The average Bonchev–Trinajstić information content (AvgIpc) is 2.71. The molecule has 1 aromatic rings. The fraction of sp³-hybridized carbons (Fsp3) is 0.455. The lowest BCUT2D eigenvalue weighted by Gasteiger charge is -2.03. The van der Waals surface area contributed by atoms with E-state index in [4.69, 9.17) is 0 Å². The van der Waals surface area contributed by atoms with E-state index in [1.165, 1.54) is 12.4 Å². The molecule has 0 aromatic carbocycles. The summed E-state index contributed by atoms with van der Waals surface area (Å²) >= 11 is 1.15. The van der Waals surface area contributed by atoms with Crippen molar-refractivity contribution in [3.63, 3.8) is 0 Å².